The SMILES string of the molecule is CC.Cc1ccc2c(c1F)C(F)(F)C(C)C2. The van der Waals surface area contributed by atoms with Gasteiger partial charge in [-0.05, 0) is 24.5 Å². The average molecular weight is 230 g/mol. The molecule has 0 aromatic heterocycles. The first-order chi connectivity index (χ1) is 7.44. The summed E-state index contributed by atoms with van der Waals surface area (Å²) < 4.78 is 40.6. The molecule has 0 bridgehead atoms. The third-order valence-electron chi connectivity index (χ3n) is 2.90. The maximum absolute atomic E-state index is 13.5. The minimum absolute atomic E-state index is 0.263. The van der Waals surface area contributed by atoms with Crippen LogP contribution in [0, 0.1) is 18.7 Å². The molecule has 0 N–H and O–H groups in total. The molecule has 0 radical (unpaired) electrons. The standard InChI is InChI=1S/C11H11F3.C2H6/c1-6-3-4-8-5-7(2)11(13,14)9(8)10(6)12;1-2/h3-4,7H,5H2,1-2H3;1-2H3. The fourth-order valence-electron chi connectivity index (χ4n) is 1.96. The van der Waals surface area contributed by atoms with Crippen molar-refractivity contribution in [3.8, 4) is 0 Å². The zero-order valence-electron chi connectivity index (χ0n) is 10.1. The summed E-state index contributed by atoms with van der Waals surface area (Å²) in [5.41, 5.74) is 0.355. The zero-order valence-corrected chi connectivity index (χ0v) is 10.1. The monoisotopic (exact) mass is 230 g/mol. The van der Waals surface area contributed by atoms with Crippen LogP contribution in [-0.2, 0) is 12.3 Å². The van der Waals surface area contributed by atoms with Gasteiger partial charge in [0.05, 0.1) is 5.56 Å². The van der Waals surface area contributed by atoms with E-state index in [0.29, 0.717) is 5.56 Å². The number of halogens is 3. The fraction of sp³-hybridized carbons (Fsp3) is 0.538. The number of benzene rings is 1. The lowest BCUT2D eigenvalue weighted by atomic mass is 10.0. The van der Waals surface area contributed by atoms with Crippen LogP contribution >= 0.6 is 0 Å². The molecule has 3 heteroatoms. The Kier molecular flexibility index (Phi) is 3.66. The van der Waals surface area contributed by atoms with Gasteiger partial charge < -0.3 is 0 Å². The summed E-state index contributed by atoms with van der Waals surface area (Å²) in [5, 5.41) is 0. The Labute approximate surface area is 94.5 Å². The first-order valence-electron chi connectivity index (χ1n) is 5.61. The first kappa shape index (κ1) is 13.1. The molecule has 0 fully saturated rings. The highest BCUT2D eigenvalue weighted by Crippen LogP contribution is 2.47. The van der Waals surface area contributed by atoms with Gasteiger partial charge in [0.2, 0.25) is 0 Å². The summed E-state index contributed by atoms with van der Waals surface area (Å²) in [6, 6.07) is 3.16. The predicted octanol–water partition coefficient (Wildman–Crippen LogP) is 4.44. The van der Waals surface area contributed by atoms with Crippen molar-refractivity contribution in [2.24, 2.45) is 5.92 Å². The summed E-state index contributed by atoms with van der Waals surface area (Å²) in [5.74, 6) is -4.54. The van der Waals surface area contributed by atoms with Gasteiger partial charge in [0.1, 0.15) is 5.82 Å². The number of hydrogen-bond donors (Lipinski definition) is 0. The van der Waals surface area contributed by atoms with Crippen LogP contribution in [0.2, 0.25) is 0 Å². The van der Waals surface area contributed by atoms with Crippen molar-refractivity contribution in [3.05, 3.63) is 34.6 Å². The largest absolute Gasteiger partial charge is 0.279 e. The number of alkyl halides is 2. The van der Waals surface area contributed by atoms with E-state index in [1.807, 2.05) is 13.8 Å². The van der Waals surface area contributed by atoms with Crippen molar-refractivity contribution >= 4 is 0 Å². The van der Waals surface area contributed by atoms with Crippen molar-refractivity contribution in [1.29, 1.82) is 0 Å². The minimum Gasteiger partial charge on any atom is -0.206 e. The zero-order chi connectivity index (χ0) is 12.5. The molecule has 1 unspecified atom stereocenters. The maximum Gasteiger partial charge on any atom is 0.279 e. The van der Waals surface area contributed by atoms with Crippen LogP contribution < -0.4 is 0 Å². The molecule has 0 nitrogen and oxygen atoms in total. The Morgan fingerprint density at radius 2 is 1.81 bits per heavy atom. The van der Waals surface area contributed by atoms with Crippen molar-refractivity contribution in [1.82, 2.24) is 0 Å². The van der Waals surface area contributed by atoms with Gasteiger partial charge in [-0.25, -0.2) is 13.2 Å². The third-order valence-corrected chi connectivity index (χ3v) is 2.90. The van der Waals surface area contributed by atoms with E-state index in [9.17, 15) is 13.2 Å². The van der Waals surface area contributed by atoms with Crippen molar-refractivity contribution in [3.63, 3.8) is 0 Å². The lowest BCUT2D eigenvalue weighted by Crippen LogP contribution is -2.19. The highest BCUT2D eigenvalue weighted by atomic mass is 19.3. The number of aryl methyl sites for hydroxylation is 1. The van der Waals surface area contributed by atoms with E-state index in [0.717, 1.165) is 0 Å². The molecule has 1 aromatic rings. The van der Waals surface area contributed by atoms with Gasteiger partial charge in [-0.1, -0.05) is 32.9 Å². The highest BCUT2D eigenvalue weighted by molar-refractivity contribution is 5.41. The molecular weight excluding hydrogens is 213 g/mol. The third kappa shape index (κ3) is 1.83. The molecule has 2 rings (SSSR count). The van der Waals surface area contributed by atoms with Crippen LogP contribution in [0.25, 0.3) is 0 Å². The smallest absolute Gasteiger partial charge is 0.206 e. The second-order valence-electron chi connectivity index (χ2n) is 3.96. The molecule has 0 aliphatic heterocycles. The Morgan fingerprint density at radius 3 is 2.38 bits per heavy atom. The molecule has 1 aliphatic rings. The molecule has 0 amide bonds. The summed E-state index contributed by atoms with van der Waals surface area (Å²) in [4.78, 5) is 0. The highest BCUT2D eigenvalue weighted by Gasteiger charge is 2.48. The van der Waals surface area contributed by atoms with E-state index in [2.05, 4.69) is 0 Å². The molecular formula is C13H17F3. The van der Waals surface area contributed by atoms with Crippen LogP contribution in [0.5, 0.6) is 0 Å². The van der Waals surface area contributed by atoms with Crippen molar-refractivity contribution in [2.75, 3.05) is 0 Å². The van der Waals surface area contributed by atoms with E-state index in [4.69, 9.17) is 0 Å². The Balaban J connectivity index is 0.000000606. The average Bonchev–Trinajstić information content (AvgIpc) is 2.48. The molecule has 1 atom stereocenters. The van der Waals surface area contributed by atoms with Gasteiger partial charge >= 0.3 is 0 Å². The summed E-state index contributed by atoms with van der Waals surface area (Å²) >= 11 is 0. The second-order valence-corrected chi connectivity index (χ2v) is 3.96. The van der Waals surface area contributed by atoms with E-state index < -0.39 is 17.7 Å². The lowest BCUT2D eigenvalue weighted by molar-refractivity contribution is -0.0478. The molecule has 0 saturated carbocycles. The van der Waals surface area contributed by atoms with Crippen LogP contribution in [0.3, 0.4) is 0 Å². The van der Waals surface area contributed by atoms with Crippen LogP contribution in [-0.4, -0.2) is 0 Å². The van der Waals surface area contributed by atoms with E-state index in [1.165, 1.54) is 13.8 Å². The molecule has 1 aliphatic carbocycles. The van der Waals surface area contributed by atoms with Crippen molar-refractivity contribution in [2.45, 2.75) is 40.0 Å². The fourth-order valence-corrected chi connectivity index (χ4v) is 1.96. The number of fused-ring (bicyclic) bond motifs is 1. The molecule has 16 heavy (non-hydrogen) atoms. The van der Waals surface area contributed by atoms with E-state index in [-0.39, 0.29) is 17.5 Å². The van der Waals surface area contributed by atoms with Crippen molar-refractivity contribution < 1.29 is 13.2 Å². The van der Waals surface area contributed by atoms with Crippen LogP contribution in [0.1, 0.15) is 37.5 Å². The minimum atomic E-state index is -3.01. The predicted molar refractivity (Wildman–Crippen MR) is 59.2 cm³/mol. The van der Waals surface area contributed by atoms with E-state index >= 15 is 0 Å². The summed E-state index contributed by atoms with van der Waals surface area (Å²) in [7, 11) is 0. The molecule has 0 spiro atoms. The molecule has 90 valence electrons. The van der Waals surface area contributed by atoms with Crippen LogP contribution in [0.4, 0.5) is 13.2 Å². The Morgan fingerprint density at radius 1 is 1.25 bits per heavy atom. The summed E-state index contributed by atoms with van der Waals surface area (Å²) in [6.07, 6.45) is 0.263. The van der Waals surface area contributed by atoms with Gasteiger partial charge in [0.25, 0.3) is 5.92 Å². The Hall–Kier alpha value is -0.990. The normalized spacial score (nSPS) is 21.1. The maximum atomic E-state index is 13.5. The molecule has 0 saturated heterocycles. The number of hydrogen-bond acceptors (Lipinski definition) is 0. The van der Waals surface area contributed by atoms with Gasteiger partial charge in [-0.15, -0.1) is 0 Å². The molecule has 0 heterocycles. The Bertz CT molecular complexity index is 383. The summed E-state index contributed by atoms with van der Waals surface area (Å²) in [6.45, 7) is 6.96. The lowest BCUT2D eigenvalue weighted by Gasteiger charge is -2.16. The quantitative estimate of drug-likeness (QED) is 0.618. The van der Waals surface area contributed by atoms with Gasteiger partial charge in [-0.2, -0.15) is 0 Å². The van der Waals surface area contributed by atoms with Gasteiger partial charge in [0, 0.05) is 5.92 Å². The van der Waals surface area contributed by atoms with E-state index in [1.54, 1.807) is 12.1 Å². The first-order valence-corrected chi connectivity index (χ1v) is 5.61. The second kappa shape index (κ2) is 4.48. The molecule has 1 aromatic carbocycles. The van der Waals surface area contributed by atoms with Gasteiger partial charge in [-0.3, -0.25) is 0 Å². The topological polar surface area (TPSA) is 0 Å². The number of rotatable bonds is 0. The van der Waals surface area contributed by atoms with Gasteiger partial charge in [0.15, 0.2) is 0 Å². The van der Waals surface area contributed by atoms with Crippen LogP contribution in [0.15, 0.2) is 12.1 Å².